The normalized spacial score (nSPS) is 13.3. The SMILES string of the molecule is CC(C)CNCC(O)Cn1ncc2ccccc21. The van der Waals surface area contributed by atoms with E-state index in [2.05, 4.69) is 24.3 Å². The lowest BCUT2D eigenvalue weighted by atomic mass is 10.2. The summed E-state index contributed by atoms with van der Waals surface area (Å²) in [6, 6.07) is 8.04. The van der Waals surface area contributed by atoms with Crippen LogP contribution in [-0.4, -0.2) is 34.1 Å². The van der Waals surface area contributed by atoms with E-state index in [0.717, 1.165) is 17.4 Å². The Morgan fingerprint density at radius 2 is 2.06 bits per heavy atom. The number of aromatic nitrogens is 2. The lowest BCUT2D eigenvalue weighted by molar-refractivity contribution is 0.147. The standard InChI is InChI=1S/C14H21N3O/c1-11(2)7-15-9-13(18)10-17-14-6-4-3-5-12(14)8-16-17/h3-6,8,11,13,15,18H,7,9-10H2,1-2H3. The number of nitrogens with zero attached hydrogens (tertiary/aromatic N) is 2. The summed E-state index contributed by atoms with van der Waals surface area (Å²) in [5.41, 5.74) is 1.07. The Kier molecular flexibility index (Phi) is 4.33. The molecule has 4 nitrogen and oxygen atoms in total. The molecule has 0 amide bonds. The third-order valence-electron chi connectivity index (χ3n) is 2.87. The third-order valence-corrected chi connectivity index (χ3v) is 2.87. The largest absolute Gasteiger partial charge is 0.390 e. The summed E-state index contributed by atoms with van der Waals surface area (Å²) < 4.78 is 1.86. The van der Waals surface area contributed by atoms with Crippen LogP contribution >= 0.6 is 0 Å². The van der Waals surface area contributed by atoms with Crippen molar-refractivity contribution in [2.45, 2.75) is 26.5 Å². The van der Waals surface area contributed by atoms with E-state index >= 15 is 0 Å². The second-order valence-electron chi connectivity index (χ2n) is 5.09. The molecule has 0 spiro atoms. The van der Waals surface area contributed by atoms with Crippen molar-refractivity contribution in [2.24, 2.45) is 5.92 Å². The van der Waals surface area contributed by atoms with Gasteiger partial charge >= 0.3 is 0 Å². The fourth-order valence-corrected chi connectivity index (χ4v) is 1.97. The summed E-state index contributed by atoms with van der Waals surface area (Å²) in [6.45, 7) is 6.36. The maximum absolute atomic E-state index is 9.97. The van der Waals surface area contributed by atoms with Crippen LogP contribution in [0.15, 0.2) is 30.5 Å². The minimum atomic E-state index is -0.410. The van der Waals surface area contributed by atoms with Gasteiger partial charge in [-0.05, 0) is 18.5 Å². The van der Waals surface area contributed by atoms with Gasteiger partial charge in [0.15, 0.2) is 0 Å². The summed E-state index contributed by atoms with van der Waals surface area (Å²) in [5.74, 6) is 0.600. The number of hydrogen-bond acceptors (Lipinski definition) is 3. The van der Waals surface area contributed by atoms with E-state index in [1.807, 2.05) is 35.1 Å². The second-order valence-corrected chi connectivity index (χ2v) is 5.09. The lowest BCUT2D eigenvalue weighted by Gasteiger charge is -2.13. The molecule has 1 heterocycles. The number of nitrogens with one attached hydrogen (secondary N) is 1. The minimum Gasteiger partial charge on any atom is -0.390 e. The Balaban J connectivity index is 1.92. The molecular formula is C14H21N3O. The third kappa shape index (κ3) is 3.31. The predicted octanol–water partition coefficient (Wildman–Crippen LogP) is 1.64. The molecule has 4 heteroatoms. The molecule has 1 aromatic carbocycles. The fourth-order valence-electron chi connectivity index (χ4n) is 1.97. The van der Waals surface area contributed by atoms with Crippen LogP contribution in [0.1, 0.15) is 13.8 Å². The van der Waals surface area contributed by atoms with Crippen molar-refractivity contribution in [3.05, 3.63) is 30.5 Å². The van der Waals surface area contributed by atoms with Crippen LogP contribution in [-0.2, 0) is 6.54 Å². The summed E-state index contributed by atoms with van der Waals surface area (Å²) in [6.07, 6.45) is 1.43. The second kappa shape index (κ2) is 5.98. The highest BCUT2D eigenvalue weighted by atomic mass is 16.3. The quantitative estimate of drug-likeness (QED) is 0.816. The van der Waals surface area contributed by atoms with Crippen molar-refractivity contribution in [3.63, 3.8) is 0 Å². The molecule has 2 N–H and O–H groups in total. The topological polar surface area (TPSA) is 50.1 Å². The van der Waals surface area contributed by atoms with Crippen molar-refractivity contribution in [3.8, 4) is 0 Å². The molecule has 1 unspecified atom stereocenters. The Bertz CT molecular complexity index is 492. The highest BCUT2D eigenvalue weighted by molar-refractivity contribution is 5.78. The van der Waals surface area contributed by atoms with Crippen molar-refractivity contribution < 1.29 is 5.11 Å². The number of aliphatic hydroxyl groups is 1. The summed E-state index contributed by atoms with van der Waals surface area (Å²) in [4.78, 5) is 0. The number of para-hydroxylation sites is 1. The van der Waals surface area contributed by atoms with E-state index < -0.39 is 6.10 Å². The van der Waals surface area contributed by atoms with Gasteiger partial charge < -0.3 is 10.4 Å². The van der Waals surface area contributed by atoms with Gasteiger partial charge in [-0.3, -0.25) is 4.68 Å². The fraction of sp³-hybridized carbons (Fsp3) is 0.500. The van der Waals surface area contributed by atoms with Gasteiger partial charge in [0.1, 0.15) is 0 Å². The maximum Gasteiger partial charge on any atom is 0.0860 e. The van der Waals surface area contributed by atoms with Crippen LogP contribution in [0, 0.1) is 5.92 Å². The van der Waals surface area contributed by atoms with Crippen molar-refractivity contribution in [1.82, 2.24) is 15.1 Å². The van der Waals surface area contributed by atoms with Crippen LogP contribution in [0.4, 0.5) is 0 Å². The Hall–Kier alpha value is -1.39. The monoisotopic (exact) mass is 247 g/mol. The van der Waals surface area contributed by atoms with Gasteiger partial charge in [0.25, 0.3) is 0 Å². The molecule has 0 saturated carbocycles. The van der Waals surface area contributed by atoms with E-state index in [-0.39, 0.29) is 0 Å². The van der Waals surface area contributed by atoms with Gasteiger partial charge in [-0.1, -0.05) is 32.0 Å². The molecule has 0 bridgehead atoms. The first-order valence-corrected chi connectivity index (χ1v) is 6.46. The Labute approximate surface area is 108 Å². The number of aliphatic hydroxyl groups excluding tert-OH is 1. The van der Waals surface area contributed by atoms with Crippen LogP contribution < -0.4 is 5.32 Å². The van der Waals surface area contributed by atoms with Crippen LogP contribution in [0.25, 0.3) is 10.9 Å². The first kappa shape index (κ1) is 13.1. The van der Waals surface area contributed by atoms with E-state index in [4.69, 9.17) is 0 Å². The number of benzene rings is 1. The first-order valence-electron chi connectivity index (χ1n) is 6.46. The van der Waals surface area contributed by atoms with Crippen LogP contribution in [0.2, 0.25) is 0 Å². The minimum absolute atomic E-state index is 0.410. The van der Waals surface area contributed by atoms with Crippen LogP contribution in [0.5, 0.6) is 0 Å². The molecule has 0 aliphatic carbocycles. The van der Waals surface area contributed by atoms with Gasteiger partial charge in [-0.15, -0.1) is 0 Å². The molecule has 0 aliphatic rings. The Morgan fingerprint density at radius 3 is 2.83 bits per heavy atom. The van der Waals surface area contributed by atoms with E-state index in [0.29, 0.717) is 19.0 Å². The summed E-state index contributed by atoms with van der Waals surface area (Å²) in [5, 5.41) is 18.6. The Morgan fingerprint density at radius 1 is 1.28 bits per heavy atom. The average molecular weight is 247 g/mol. The van der Waals surface area contributed by atoms with E-state index in [9.17, 15) is 5.11 Å². The summed E-state index contributed by atoms with van der Waals surface area (Å²) in [7, 11) is 0. The van der Waals surface area contributed by atoms with E-state index in [1.54, 1.807) is 0 Å². The maximum atomic E-state index is 9.97. The zero-order valence-electron chi connectivity index (χ0n) is 11.0. The van der Waals surface area contributed by atoms with Crippen LogP contribution in [0.3, 0.4) is 0 Å². The zero-order valence-corrected chi connectivity index (χ0v) is 11.0. The van der Waals surface area contributed by atoms with Gasteiger partial charge in [-0.25, -0.2) is 0 Å². The van der Waals surface area contributed by atoms with Gasteiger partial charge in [0, 0.05) is 11.9 Å². The molecule has 1 atom stereocenters. The number of rotatable bonds is 6. The molecular weight excluding hydrogens is 226 g/mol. The van der Waals surface area contributed by atoms with Crippen molar-refractivity contribution in [1.29, 1.82) is 0 Å². The van der Waals surface area contributed by atoms with Gasteiger partial charge in [-0.2, -0.15) is 5.10 Å². The molecule has 2 rings (SSSR count). The molecule has 0 saturated heterocycles. The highest BCUT2D eigenvalue weighted by Gasteiger charge is 2.08. The molecule has 0 radical (unpaired) electrons. The molecule has 18 heavy (non-hydrogen) atoms. The first-order chi connectivity index (χ1) is 8.66. The molecule has 98 valence electrons. The van der Waals surface area contributed by atoms with Crippen molar-refractivity contribution in [2.75, 3.05) is 13.1 Å². The molecule has 0 aliphatic heterocycles. The van der Waals surface area contributed by atoms with Gasteiger partial charge in [0.05, 0.1) is 24.4 Å². The summed E-state index contributed by atoms with van der Waals surface area (Å²) >= 11 is 0. The highest BCUT2D eigenvalue weighted by Crippen LogP contribution is 2.12. The van der Waals surface area contributed by atoms with Gasteiger partial charge in [0.2, 0.25) is 0 Å². The van der Waals surface area contributed by atoms with Crippen molar-refractivity contribution >= 4 is 10.9 Å². The number of hydrogen-bond donors (Lipinski definition) is 2. The molecule has 2 aromatic rings. The smallest absolute Gasteiger partial charge is 0.0860 e. The predicted molar refractivity (Wildman–Crippen MR) is 73.4 cm³/mol. The molecule has 1 aromatic heterocycles. The molecule has 0 fully saturated rings. The average Bonchev–Trinajstić information content (AvgIpc) is 2.72. The van der Waals surface area contributed by atoms with E-state index in [1.165, 1.54) is 0 Å². The number of fused-ring (bicyclic) bond motifs is 1. The zero-order chi connectivity index (χ0) is 13.0. The lowest BCUT2D eigenvalue weighted by Crippen LogP contribution is -2.32.